The Bertz CT molecular complexity index is 551. The minimum atomic E-state index is -0.901. The van der Waals surface area contributed by atoms with Gasteiger partial charge >= 0.3 is 0 Å². The molecule has 0 heterocycles. The van der Waals surface area contributed by atoms with E-state index in [9.17, 15) is 10.1 Å². The van der Waals surface area contributed by atoms with Crippen LogP contribution in [-0.4, -0.2) is 25.7 Å². The molecule has 1 amide bonds. The summed E-state index contributed by atoms with van der Waals surface area (Å²) in [6.45, 7) is 3.88. The minimum Gasteiger partial charge on any atom is -0.497 e. The Balaban J connectivity index is 2.88. The molecule has 1 aromatic rings. The van der Waals surface area contributed by atoms with Crippen molar-refractivity contribution in [3.05, 3.63) is 23.8 Å². The molecule has 0 saturated carbocycles. The van der Waals surface area contributed by atoms with Crippen LogP contribution >= 0.6 is 0 Å². The molecule has 0 unspecified atom stereocenters. The van der Waals surface area contributed by atoms with Gasteiger partial charge in [0.05, 0.1) is 18.4 Å². The summed E-state index contributed by atoms with van der Waals surface area (Å²) in [6, 6.07) is 7.03. The Morgan fingerprint density at radius 3 is 2.64 bits per heavy atom. The maximum atomic E-state index is 12.5. The van der Waals surface area contributed by atoms with E-state index in [-0.39, 0.29) is 5.91 Å². The fourth-order valence-electron chi connectivity index (χ4n) is 2.13. The van der Waals surface area contributed by atoms with Crippen molar-refractivity contribution < 1.29 is 14.3 Å². The SMILES string of the molecule is CCCCC[C@](C)(OC)C(=O)Nc1ccc(OC)cc1C#N. The molecule has 0 aromatic heterocycles. The van der Waals surface area contributed by atoms with E-state index < -0.39 is 5.60 Å². The zero-order valence-electron chi connectivity index (χ0n) is 13.7. The van der Waals surface area contributed by atoms with Gasteiger partial charge in [-0.1, -0.05) is 26.2 Å². The van der Waals surface area contributed by atoms with Crippen LogP contribution in [0.25, 0.3) is 0 Å². The summed E-state index contributed by atoms with van der Waals surface area (Å²) in [5, 5.41) is 12.0. The number of nitriles is 1. The zero-order chi connectivity index (χ0) is 16.6. The number of nitrogens with one attached hydrogen (secondary N) is 1. The summed E-state index contributed by atoms with van der Waals surface area (Å²) in [6.07, 6.45) is 3.69. The lowest BCUT2D eigenvalue weighted by Gasteiger charge is -2.27. The number of nitrogens with zero attached hydrogens (tertiary/aromatic N) is 1. The number of hydrogen-bond donors (Lipinski definition) is 1. The zero-order valence-corrected chi connectivity index (χ0v) is 13.7. The van der Waals surface area contributed by atoms with Gasteiger partial charge in [0.25, 0.3) is 5.91 Å². The third kappa shape index (κ3) is 4.47. The van der Waals surface area contributed by atoms with Crippen molar-refractivity contribution in [1.82, 2.24) is 0 Å². The van der Waals surface area contributed by atoms with Crippen LogP contribution < -0.4 is 10.1 Å². The van der Waals surface area contributed by atoms with Gasteiger partial charge < -0.3 is 14.8 Å². The van der Waals surface area contributed by atoms with Gasteiger partial charge in [0.2, 0.25) is 0 Å². The number of benzene rings is 1. The Morgan fingerprint density at radius 2 is 2.09 bits per heavy atom. The minimum absolute atomic E-state index is 0.243. The summed E-state index contributed by atoms with van der Waals surface area (Å²) in [5.74, 6) is 0.333. The molecule has 1 atom stereocenters. The van der Waals surface area contributed by atoms with E-state index >= 15 is 0 Å². The van der Waals surface area contributed by atoms with Gasteiger partial charge in [0, 0.05) is 7.11 Å². The summed E-state index contributed by atoms with van der Waals surface area (Å²) >= 11 is 0. The van der Waals surface area contributed by atoms with Gasteiger partial charge in [0.1, 0.15) is 17.4 Å². The maximum Gasteiger partial charge on any atom is 0.256 e. The first kappa shape index (κ1) is 18.0. The van der Waals surface area contributed by atoms with Crippen LogP contribution in [0.4, 0.5) is 5.69 Å². The molecule has 22 heavy (non-hydrogen) atoms. The molecule has 0 aliphatic carbocycles. The van der Waals surface area contributed by atoms with Crippen molar-refractivity contribution in [2.75, 3.05) is 19.5 Å². The predicted octanol–water partition coefficient (Wildman–Crippen LogP) is 3.49. The Labute approximate surface area is 132 Å². The van der Waals surface area contributed by atoms with Crippen molar-refractivity contribution >= 4 is 11.6 Å². The van der Waals surface area contributed by atoms with Gasteiger partial charge in [-0.05, 0) is 31.5 Å². The summed E-state index contributed by atoms with van der Waals surface area (Å²) in [4.78, 5) is 12.5. The third-order valence-electron chi connectivity index (χ3n) is 3.78. The first-order valence-corrected chi connectivity index (χ1v) is 7.45. The van der Waals surface area contributed by atoms with Crippen molar-refractivity contribution in [2.24, 2.45) is 0 Å². The van der Waals surface area contributed by atoms with Crippen LogP contribution in [0.1, 0.15) is 45.1 Å². The summed E-state index contributed by atoms with van der Waals surface area (Å²) < 4.78 is 10.5. The average Bonchev–Trinajstić information content (AvgIpc) is 2.55. The Hall–Kier alpha value is -2.06. The molecule has 0 bridgehead atoms. The van der Waals surface area contributed by atoms with Crippen LogP contribution in [0.15, 0.2) is 18.2 Å². The fourth-order valence-corrected chi connectivity index (χ4v) is 2.13. The molecular formula is C17H24N2O3. The van der Waals surface area contributed by atoms with Crippen molar-refractivity contribution in [3.8, 4) is 11.8 Å². The lowest BCUT2D eigenvalue weighted by atomic mass is 9.96. The van der Waals surface area contributed by atoms with E-state index in [2.05, 4.69) is 18.3 Å². The van der Waals surface area contributed by atoms with E-state index in [1.807, 2.05) is 0 Å². The third-order valence-corrected chi connectivity index (χ3v) is 3.78. The second-order valence-corrected chi connectivity index (χ2v) is 5.37. The van der Waals surface area contributed by atoms with Crippen LogP contribution in [-0.2, 0) is 9.53 Å². The Morgan fingerprint density at radius 1 is 1.36 bits per heavy atom. The molecule has 0 aliphatic heterocycles. The molecule has 1 rings (SSSR count). The number of amides is 1. The largest absolute Gasteiger partial charge is 0.497 e. The molecule has 0 aliphatic rings. The average molecular weight is 304 g/mol. The van der Waals surface area contributed by atoms with E-state index in [4.69, 9.17) is 9.47 Å². The first-order chi connectivity index (χ1) is 10.5. The molecule has 120 valence electrons. The molecule has 5 heteroatoms. The molecule has 0 saturated heterocycles. The number of methoxy groups -OCH3 is 2. The van der Waals surface area contributed by atoms with Gasteiger partial charge in [-0.25, -0.2) is 0 Å². The number of unbranched alkanes of at least 4 members (excludes halogenated alkanes) is 2. The highest BCUT2D eigenvalue weighted by molar-refractivity contribution is 5.98. The number of hydrogen-bond acceptors (Lipinski definition) is 4. The normalized spacial score (nSPS) is 13.0. The lowest BCUT2D eigenvalue weighted by Crippen LogP contribution is -2.42. The van der Waals surface area contributed by atoms with Crippen LogP contribution in [0.3, 0.4) is 0 Å². The second-order valence-electron chi connectivity index (χ2n) is 5.37. The number of carbonyl (C=O) groups excluding carboxylic acids is 1. The quantitative estimate of drug-likeness (QED) is 0.746. The number of ether oxygens (including phenoxy) is 2. The molecule has 0 fully saturated rings. The maximum absolute atomic E-state index is 12.5. The topological polar surface area (TPSA) is 71.3 Å². The van der Waals surface area contributed by atoms with Gasteiger partial charge in [-0.2, -0.15) is 5.26 Å². The molecule has 5 nitrogen and oxygen atoms in total. The summed E-state index contributed by atoms with van der Waals surface area (Å²) in [5.41, 5.74) is -0.0752. The highest BCUT2D eigenvalue weighted by Gasteiger charge is 2.32. The lowest BCUT2D eigenvalue weighted by molar-refractivity contribution is -0.136. The fraction of sp³-hybridized carbons (Fsp3) is 0.529. The van der Waals surface area contributed by atoms with Crippen LogP contribution in [0, 0.1) is 11.3 Å². The molecule has 0 spiro atoms. The molecule has 0 radical (unpaired) electrons. The van der Waals surface area contributed by atoms with Crippen molar-refractivity contribution in [1.29, 1.82) is 5.26 Å². The van der Waals surface area contributed by atoms with Gasteiger partial charge in [-0.3, -0.25) is 4.79 Å². The van der Waals surface area contributed by atoms with E-state index in [0.717, 1.165) is 19.3 Å². The molecule has 1 aromatic carbocycles. The van der Waals surface area contributed by atoms with Crippen LogP contribution in [0.5, 0.6) is 5.75 Å². The summed E-state index contributed by atoms with van der Waals surface area (Å²) in [7, 11) is 3.06. The van der Waals surface area contributed by atoms with E-state index in [1.165, 1.54) is 14.2 Å². The standard InChI is InChI=1S/C17H24N2O3/c1-5-6-7-10-17(2,22-4)16(20)19-15-9-8-14(21-3)11-13(15)12-18/h8-9,11H,5-7,10H2,1-4H3,(H,19,20)/t17-/m0/s1. The van der Waals surface area contributed by atoms with Crippen molar-refractivity contribution in [2.45, 2.75) is 45.1 Å². The molecule has 1 N–H and O–H groups in total. The number of rotatable bonds is 8. The monoisotopic (exact) mass is 304 g/mol. The van der Waals surface area contributed by atoms with Crippen molar-refractivity contribution in [3.63, 3.8) is 0 Å². The Kier molecular flexibility index (Phi) is 6.87. The predicted molar refractivity (Wildman–Crippen MR) is 85.9 cm³/mol. The highest BCUT2D eigenvalue weighted by Crippen LogP contribution is 2.25. The van der Waals surface area contributed by atoms with Gasteiger partial charge in [-0.15, -0.1) is 0 Å². The smallest absolute Gasteiger partial charge is 0.256 e. The number of anilines is 1. The van der Waals surface area contributed by atoms with E-state index in [1.54, 1.807) is 25.1 Å². The highest BCUT2D eigenvalue weighted by atomic mass is 16.5. The van der Waals surface area contributed by atoms with Gasteiger partial charge in [0.15, 0.2) is 0 Å². The second kappa shape index (κ2) is 8.40. The van der Waals surface area contributed by atoms with Crippen LogP contribution in [0.2, 0.25) is 0 Å². The number of carbonyl (C=O) groups is 1. The first-order valence-electron chi connectivity index (χ1n) is 7.45. The van der Waals surface area contributed by atoms with E-state index in [0.29, 0.717) is 23.4 Å². The molecular weight excluding hydrogens is 280 g/mol.